The minimum atomic E-state index is -0.654. The van der Waals surface area contributed by atoms with Crippen LogP contribution in [0.25, 0.3) is 11.0 Å². The van der Waals surface area contributed by atoms with Crippen molar-refractivity contribution in [2.75, 3.05) is 11.1 Å². The van der Waals surface area contributed by atoms with Crippen molar-refractivity contribution in [1.82, 2.24) is 24.4 Å². The Morgan fingerprint density at radius 2 is 1.74 bits per heavy atom. The molecular weight excluding hydrogens is 456 g/mol. The summed E-state index contributed by atoms with van der Waals surface area (Å²) in [6.45, 7) is 9.54. The summed E-state index contributed by atoms with van der Waals surface area (Å²) in [6.07, 6.45) is 0. The van der Waals surface area contributed by atoms with Crippen LogP contribution in [-0.4, -0.2) is 36.8 Å². The topological polar surface area (TPSA) is 128 Å². The number of amides is 3. The first-order valence-corrected chi connectivity index (χ1v) is 11.6. The summed E-state index contributed by atoms with van der Waals surface area (Å²) in [6, 6.07) is 4.90. The smallest absolute Gasteiger partial charge is 0.307 e. The number of thioether (sulfide) groups is 1. The van der Waals surface area contributed by atoms with Crippen LogP contribution in [0.4, 0.5) is 10.5 Å². The summed E-state index contributed by atoms with van der Waals surface area (Å²) in [5, 5.41) is 5.37. The molecule has 0 aliphatic rings. The largest absolute Gasteiger partial charge is 0.332 e. The van der Waals surface area contributed by atoms with Crippen LogP contribution in [0.2, 0.25) is 0 Å². The standard InChI is InChI=1S/C23H28N6O4S/c1-12-8-9-14(13(2)10-12)24-21(32)25-15(30)11-34-18-16-17(26-20(27-18)23(3,4)5)28(6)22(33)29(7)19(16)31/h8-10H,11H2,1-7H3,(H2,24,25,30,32). The van der Waals surface area contributed by atoms with E-state index < -0.39 is 28.6 Å². The van der Waals surface area contributed by atoms with Crippen LogP contribution in [-0.2, 0) is 24.3 Å². The molecule has 0 atom stereocenters. The van der Waals surface area contributed by atoms with Gasteiger partial charge in [0.05, 0.1) is 5.75 Å². The molecule has 2 N–H and O–H groups in total. The highest BCUT2D eigenvalue weighted by Crippen LogP contribution is 2.26. The van der Waals surface area contributed by atoms with E-state index in [1.165, 1.54) is 18.7 Å². The van der Waals surface area contributed by atoms with Gasteiger partial charge in [-0.2, -0.15) is 0 Å². The fraction of sp³-hybridized carbons (Fsp3) is 0.391. The van der Waals surface area contributed by atoms with E-state index in [-0.39, 0.29) is 21.8 Å². The lowest BCUT2D eigenvalue weighted by molar-refractivity contribution is -0.117. The number of aromatic nitrogens is 4. The van der Waals surface area contributed by atoms with Gasteiger partial charge in [-0.25, -0.2) is 19.6 Å². The van der Waals surface area contributed by atoms with Crippen molar-refractivity contribution in [1.29, 1.82) is 0 Å². The highest BCUT2D eigenvalue weighted by molar-refractivity contribution is 8.00. The average molecular weight is 485 g/mol. The molecule has 10 nitrogen and oxygen atoms in total. The number of carbonyl (C=O) groups excluding carboxylic acids is 2. The van der Waals surface area contributed by atoms with Crippen LogP contribution >= 0.6 is 11.8 Å². The number of rotatable bonds is 4. The maximum atomic E-state index is 12.9. The lowest BCUT2D eigenvalue weighted by Gasteiger charge is -2.19. The zero-order chi connectivity index (χ0) is 25.4. The van der Waals surface area contributed by atoms with Gasteiger partial charge in [0.2, 0.25) is 5.91 Å². The van der Waals surface area contributed by atoms with Gasteiger partial charge in [0.1, 0.15) is 16.2 Å². The Bertz CT molecular complexity index is 1420. The van der Waals surface area contributed by atoms with Crippen LogP contribution in [0, 0.1) is 13.8 Å². The van der Waals surface area contributed by atoms with Crippen molar-refractivity contribution in [3.8, 4) is 0 Å². The van der Waals surface area contributed by atoms with E-state index in [2.05, 4.69) is 20.6 Å². The number of urea groups is 1. The normalized spacial score (nSPS) is 11.5. The van der Waals surface area contributed by atoms with Crippen LogP contribution in [0.5, 0.6) is 0 Å². The molecule has 2 aromatic heterocycles. The summed E-state index contributed by atoms with van der Waals surface area (Å²) in [4.78, 5) is 59.0. The summed E-state index contributed by atoms with van der Waals surface area (Å²) in [5.41, 5.74) is 1.22. The third kappa shape index (κ3) is 5.19. The van der Waals surface area contributed by atoms with Gasteiger partial charge in [0.25, 0.3) is 5.56 Å². The Balaban J connectivity index is 1.86. The molecular formula is C23H28N6O4S. The van der Waals surface area contributed by atoms with Gasteiger partial charge >= 0.3 is 11.7 Å². The van der Waals surface area contributed by atoms with Gasteiger partial charge < -0.3 is 5.32 Å². The van der Waals surface area contributed by atoms with Crippen molar-refractivity contribution in [2.24, 2.45) is 14.1 Å². The Labute approximate surface area is 200 Å². The maximum absolute atomic E-state index is 12.9. The molecule has 11 heteroatoms. The van der Waals surface area contributed by atoms with E-state index in [0.29, 0.717) is 11.5 Å². The second kappa shape index (κ2) is 9.41. The van der Waals surface area contributed by atoms with Crippen LogP contribution in [0.15, 0.2) is 32.8 Å². The van der Waals surface area contributed by atoms with Gasteiger partial charge in [-0.05, 0) is 25.5 Å². The molecule has 3 rings (SSSR count). The van der Waals surface area contributed by atoms with Crippen LogP contribution in [0.3, 0.4) is 0 Å². The summed E-state index contributed by atoms with van der Waals surface area (Å²) in [5.74, 6) is -0.293. The number of nitrogens with one attached hydrogen (secondary N) is 2. The molecule has 1 aromatic carbocycles. The van der Waals surface area contributed by atoms with E-state index in [0.717, 1.165) is 27.5 Å². The van der Waals surface area contributed by atoms with Crippen molar-refractivity contribution in [2.45, 2.75) is 45.1 Å². The average Bonchev–Trinajstić information content (AvgIpc) is 2.75. The van der Waals surface area contributed by atoms with Crippen LogP contribution < -0.4 is 21.9 Å². The zero-order valence-corrected chi connectivity index (χ0v) is 21.1. The summed E-state index contributed by atoms with van der Waals surface area (Å²) < 4.78 is 2.26. The van der Waals surface area contributed by atoms with E-state index in [1.807, 2.05) is 46.8 Å². The third-order valence-corrected chi connectivity index (χ3v) is 6.14. The molecule has 0 aliphatic heterocycles. The minimum absolute atomic E-state index is 0.148. The number of nitrogens with zero attached hydrogens (tertiary/aromatic N) is 4. The molecule has 0 saturated heterocycles. The fourth-order valence-electron chi connectivity index (χ4n) is 3.27. The number of aryl methyl sites for hydroxylation is 3. The molecule has 3 amide bonds. The first kappa shape index (κ1) is 25.2. The molecule has 0 unspecified atom stereocenters. The lowest BCUT2D eigenvalue weighted by atomic mass is 9.96. The van der Waals surface area contributed by atoms with E-state index in [9.17, 15) is 19.2 Å². The lowest BCUT2D eigenvalue weighted by Crippen LogP contribution is -2.38. The molecule has 2 heterocycles. The molecule has 0 radical (unpaired) electrons. The number of imide groups is 1. The monoisotopic (exact) mass is 484 g/mol. The Morgan fingerprint density at radius 3 is 2.35 bits per heavy atom. The van der Waals surface area contributed by atoms with E-state index >= 15 is 0 Å². The van der Waals surface area contributed by atoms with Gasteiger partial charge in [-0.15, -0.1) is 0 Å². The molecule has 0 spiro atoms. The number of anilines is 1. The number of hydrogen-bond acceptors (Lipinski definition) is 7. The highest BCUT2D eigenvalue weighted by atomic mass is 32.2. The highest BCUT2D eigenvalue weighted by Gasteiger charge is 2.24. The van der Waals surface area contributed by atoms with Crippen LogP contribution in [0.1, 0.15) is 37.7 Å². The molecule has 0 bridgehead atoms. The second-order valence-electron chi connectivity index (χ2n) is 9.12. The molecule has 34 heavy (non-hydrogen) atoms. The first-order valence-electron chi connectivity index (χ1n) is 10.6. The Kier molecular flexibility index (Phi) is 6.97. The molecule has 0 fully saturated rings. The second-order valence-corrected chi connectivity index (χ2v) is 10.1. The predicted molar refractivity (Wildman–Crippen MR) is 133 cm³/mol. The minimum Gasteiger partial charge on any atom is -0.307 e. The van der Waals surface area contributed by atoms with Gasteiger partial charge in [0.15, 0.2) is 5.65 Å². The van der Waals surface area contributed by atoms with Crippen molar-refractivity contribution in [3.63, 3.8) is 0 Å². The zero-order valence-electron chi connectivity index (χ0n) is 20.3. The number of hydrogen-bond donors (Lipinski definition) is 2. The van der Waals surface area contributed by atoms with Crippen molar-refractivity contribution in [3.05, 3.63) is 56.0 Å². The summed E-state index contributed by atoms with van der Waals surface area (Å²) >= 11 is 1.01. The maximum Gasteiger partial charge on any atom is 0.332 e. The van der Waals surface area contributed by atoms with E-state index in [4.69, 9.17) is 0 Å². The predicted octanol–water partition coefficient (Wildman–Crippen LogP) is 2.38. The van der Waals surface area contributed by atoms with Gasteiger partial charge in [-0.3, -0.25) is 24.0 Å². The Hall–Kier alpha value is -3.47. The third-order valence-electron chi connectivity index (χ3n) is 5.16. The molecule has 3 aromatic rings. The Morgan fingerprint density at radius 1 is 1.06 bits per heavy atom. The molecule has 180 valence electrons. The van der Waals surface area contributed by atoms with Gasteiger partial charge in [0, 0.05) is 25.2 Å². The quantitative estimate of drug-likeness (QED) is 0.430. The summed E-state index contributed by atoms with van der Waals surface area (Å²) in [7, 11) is 2.91. The van der Waals surface area contributed by atoms with Crippen molar-refractivity contribution < 1.29 is 9.59 Å². The number of carbonyl (C=O) groups is 2. The first-order chi connectivity index (χ1) is 15.8. The molecule has 0 saturated carbocycles. The number of fused-ring (bicyclic) bond motifs is 1. The van der Waals surface area contributed by atoms with Gasteiger partial charge in [-0.1, -0.05) is 50.2 Å². The molecule has 0 aliphatic carbocycles. The van der Waals surface area contributed by atoms with Crippen molar-refractivity contribution >= 4 is 40.4 Å². The number of benzene rings is 1. The van der Waals surface area contributed by atoms with E-state index in [1.54, 1.807) is 6.07 Å². The fourth-order valence-corrected chi connectivity index (χ4v) is 4.09. The SMILES string of the molecule is Cc1ccc(NC(=O)NC(=O)CSc2nc(C(C)(C)C)nc3c2c(=O)n(C)c(=O)n3C)c(C)c1.